The number of aromatic nitrogens is 3. The first-order valence-corrected chi connectivity index (χ1v) is 19.3. The lowest BCUT2D eigenvalue weighted by Gasteiger charge is -2.35. The number of ether oxygens (including phenoxy) is 3. The first-order valence-electron chi connectivity index (χ1n) is 19.3. The number of nitrogens with zero attached hydrogens (tertiary/aromatic N) is 5. The maximum Gasteiger partial charge on any atom is 0.413 e. The lowest BCUT2D eigenvalue weighted by molar-refractivity contribution is -0.142. The van der Waals surface area contributed by atoms with E-state index >= 15 is 0 Å². The van der Waals surface area contributed by atoms with E-state index in [0.717, 1.165) is 22.2 Å². The van der Waals surface area contributed by atoms with Crippen LogP contribution in [0.2, 0.25) is 0 Å². The van der Waals surface area contributed by atoms with Gasteiger partial charge in [-0.05, 0) is 53.9 Å². The summed E-state index contributed by atoms with van der Waals surface area (Å²) in [6.45, 7) is 3.01. The van der Waals surface area contributed by atoms with Gasteiger partial charge in [-0.1, -0.05) is 91.0 Å². The Bertz CT molecular complexity index is 2420. The highest BCUT2D eigenvalue weighted by Crippen LogP contribution is 2.33. The molecule has 0 fully saturated rings. The number of hydrogen-bond acceptors (Lipinski definition) is 10. The third-order valence-electron chi connectivity index (χ3n) is 9.83. The van der Waals surface area contributed by atoms with Gasteiger partial charge in [0, 0.05) is 43.4 Å². The van der Waals surface area contributed by atoms with Gasteiger partial charge in [-0.2, -0.15) is 0 Å². The van der Waals surface area contributed by atoms with Crippen molar-refractivity contribution >= 4 is 46.7 Å². The summed E-state index contributed by atoms with van der Waals surface area (Å²) in [5, 5.41) is 10.9. The zero-order valence-corrected chi connectivity index (χ0v) is 32.5. The van der Waals surface area contributed by atoms with Crippen LogP contribution in [0.25, 0.3) is 11.0 Å². The van der Waals surface area contributed by atoms with Crippen LogP contribution < -0.4 is 10.2 Å². The second-order valence-electron chi connectivity index (χ2n) is 13.7. The standard InChI is InChI=1S/C45H43N7O7/c1-2-57-40(53)22-24-52(39-15-9-10-23-47-39)43(54)35-20-21-37-36(28-35)48-42-38(51(26-25-50(37)42)45(56)59-30-33-13-7-4-8-14-33)27-31-16-18-34(19-17-31)41(46)49-44(55)58-29-32-11-5-3-6-12-32/h3-21,23,28,38H,2,22,24-27,29-30H2,1H3,(H2,46,49,55). The van der Waals surface area contributed by atoms with E-state index in [0.29, 0.717) is 47.8 Å². The van der Waals surface area contributed by atoms with Gasteiger partial charge in [-0.3, -0.25) is 30.1 Å². The van der Waals surface area contributed by atoms with Crippen LogP contribution in [0.15, 0.2) is 128 Å². The zero-order chi connectivity index (χ0) is 41.1. The van der Waals surface area contributed by atoms with E-state index in [1.165, 1.54) is 4.90 Å². The molecule has 0 aliphatic carbocycles. The van der Waals surface area contributed by atoms with E-state index in [1.54, 1.807) is 60.5 Å². The topological polar surface area (TPSA) is 169 Å². The van der Waals surface area contributed by atoms with Crippen LogP contribution in [0.1, 0.15) is 57.8 Å². The number of alkyl carbamates (subject to hydrolysis) is 1. The average molecular weight is 794 g/mol. The summed E-state index contributed by atoms with van der Waals surface area (Å²) in [6.07, 6.45) is 0.713. The van der Waals surface area contributed by atoms with Crippen molar-refractivity contribution in [3.63, 3.8) is 0 Å². The summed E-state index contributed by atoms with van der Waals surface area (Å²) in [5.74, 6) is 0.132. The summed E-state index contributed by atoms with van der Waals surface area (Å²) in [4.78, 5) is 65.0. The van der Waals surface area contributed by atoms with Gasteiger partial charge in [0.1, 0.15) is 30.7 Å². The summed E-state index contributed by atoms with van der Waals surface area (Å²) in [5.41, 5.74) is 4.73. The molecule has 3 heterocycles. The lowest BCUT2D eigenvalue weighted by atomic mass is 10.0. The molecular weight excluding hydrogens is 751 g/mol. The number of imidazole rings is 1. The molecule has 1 unspecified atom stereocenters. The van der Waals surface area contributed by atoms with E-state index < -0.39 is 24.2 Å². The van der Waals surface area contributed by atoms with Crippen LogP contribution in [0.3, 0.4) is 0 Å². The molecule has 1 aliphatic rings. The fourth-order valence-corrected chi connectivity index (χ4v) is 6.89. The Morgan fingerprint density at radius 3 is 2.14 bits per heavy atom. The second-order valence-corrected chi connectivity index (χ2v) is 13.7. The quantitative estimate of drug-likeness (QED) is 0.0531. The highest BCUT2D eigenvalue weighted by molar-refractivity contribution is 6.07. The molecule has 0 radical (unpaired) electrons. The van der Waals surface area contributed by atoms with Gasteiger partial charge in [-0.25, -0.2) is 19.6 Å². The number of carbonyl (C=O) groups is 4. The van der Waals surface area contributed by atoms with Crippen molar-refractivity contribution in [3.05, 3.63) is 161 Å². The molecule has 6 aromatic rings. The highest BCUT2D eigenvalue weighted by Gasteiger charge is 2.35. The number of carbonyl (C=O) groups excluding carboxylic acids is 4. The maximum atomic E-state index is 14.0. The summed E-state index contributed by atoms with van der Waals surface area (Å²) in [6, 6.07) is 35.8. The van der Waals surface area contributed by atoms with Crippen LogP contribution in [0.5, 0.6) is 0 Å². The van der Waals surface area contributed by atoms with Gasteiger partial charge in [-0.15, -0.1) is 0 Å². The number of benzene rings is 4. The Labute approximate surface area is 340 Å². The third kappa shape index (κ3) is 9.79. The van der Waals surface area contributed by atoms with Crippen molar-refractivity contribution in [1.29, 1.82) is 5.41 Å². The van der Waals surface area contributed by atoms with Crippen molar-refractivity contribution < 1.29 is 33.4 Å². The Kier molecular flexibility index (Phi) is 12.7. The predicted molar refractivity (Wildman–Crippen MR) is 220 cm³/mol. The number of pyridine rings is 1. The molecule has 300 valence electrons. The number of rotatable bonds is 13. The maximum absolute atomic E-state index is 14.0. The van der Waals surface area contributed by atoms with E-state index in [1.807, 2.05) is 78.9 Å². The minimum Gasteiger partial charge on any atom is -0.466 e. The number of anilines is 1. The molecule has 7 rings (SSSR count). The average Bonchev–Trinajstić information content (AvgIpc) is 3.65. The van der Waals surface area contributed by atoms with Crippen molar-refractivity contribution in [1.82, 2.24) is 24.8 Å². The van der Waals surface area contributed by atoms with E-state index in [9.17, 15) is 19.2 Å². The Balaban J connectivity index is 1.13. The van der Waals surface area contributed by atoms with Gasteiger partial charge in [0.15, 0.2) is 0 Å². The van der Waals surface area contributed by atoms with Gasteiger partial charge in [0.05, 0.1) is 30.1 Å². The van der Waals surface area contributed by atoms with Crippen LogP contribution in [-0.4, -0.2) is 69.0 Å². The molecule has 2 N–H and O–H groups in total. The molecule has 59 heavy (non-hydrogen) atoms. The Morgan fingerprint density at radius 1 is 0.780 bits per heavy atom. The van der Waals surface area contributed by atoms with Crippen LogP contribution in [0, 0.1) is 5.41 Å². The van der Waals surface area contributed by atoms with Gasteiger partial charge in [0.2, 0.25) is 0 Å². The fourth-order valence-electron chi connectivity index (χ4n) is 6.89. The van der Waals surface area contributed by atoms with Crippen molar-refractivity contribution in [2.45, 2.75) is 45.6 Å². The summed E-state index contributed by atoms with van der Waals surface area (Å²) >= 11 is 0. The molecule has 1 atom stereocenters. The van der Waals surface area contributed by atoms with E-state index in [2.05, 4.69) is 14.9 Å². The first-order chi connectivity index (χ1) is 28.8. The molecule has 3 amide bonds. The number of amides is 3. The molecule has 0 saturated carbocycles. The lowest BCUT2D eigenvalue weighted by Crippen LogP contribution is -2.43. The summed E-state index contributed by atoms with van der Waals surface area (Å²) < 4.78 is 18.3. The van der Waals surface area contributed by atoms with Gasteiger partial charge < -0.3 is 18.8 Å². The third-order valence-corrected chi connectivity index (χ3v) is 9.83. The van der Waals surface area contributed by atoms with Crippen molar-refractivity contribution in [2.24, 2.45) is 0 Å². The molecular formula is C45H43N7O7. The van der Waals surface area contributed by atoms with Crippen LogP contribution >= 0.6 is 0 Å². The van der Waals surface area contributed by atoms with E-state index in [-0.39, 0.29) is 44.5 Å². The van der Waals surface area contributed by atoms with Crippen molar-refractivity contribution in [2.75, 3.05) is 24.6 Å². The molecule has 0 saturated heterocycles. The molecule has 1 aliphatic heterocycles. The Hall–Kier alpha value is -7.35. The zero-order valence-electron chi connectivity index (χ0n) is 32.5. The molecule has 4 aromatic carbocycles. The predicted octanol–water partition coefficient (Wildman–Crippen LogP) is 7.22. The molecule has 0 spiro atoms. The summed E-state index contributed by atoms with van der Waals surface area (Å²) in [7, 11) is 0. The smallest absolute Gasteiger partial charge is 0.413 e. The minimum absolute atomic E-state index is 0.00498. The fraction of sp³-hybridized carbons (Fsp3) is 0.222. The minimum atomic E-state index is -0.736. The van der Waals surface area contributed by atoms with Gasteiger partial charge in [0.25, 0.3) is 5.91 Å². The largest absolute Gasteiger partial charge is 0.466 e. The first kappa shape index (κ1) is 39.9. The van der Waals surface area contributed by atoms with Crippen molar-refractivity contribution in [3.8, 4) is 0 Å². The Morgan fingerprint density at radius 2 is 1.46 bits per heavy atom. The second kappa shape index (κ2) is 18.7. The molecule has 14 nitrogen and oxygen atoms in total. The van der Waals surface area contributed by atoms with Gasteiger partial charge >= 0.3 is 18.2 Å². The number of amidine groups is 1. The van der Waals surface area contributed by atoms with E-state index in [4.69, 9.17) is 24.6 Å². The van der Waals surface area contributed by atoms with Crippen LogP contribution in [0.4, 0.5) is 15.4 Å². The number of fused-ring (bicyclic) bond motifs is 3. The monoisotopic (exact) mass is 793 g/mol. The number of hydrogen-bond donors (Lipinski definition) is 2. The van der Waals surface area contributed by atoms with Crippen LogP contribution in [-0.2, 0) is 45.2 Å². The number of nitrogens with one attached hydrogen (secondary N) is 2. The molecule has 2 aromatic heterocycles. The normalized spacial score (nSPS) is 13.2. The SMILES string of the molecule is CCOC(=O)CCN(C(=O)c1ccc2c(c1)nc1n2CCN(C(=O)OCc2ccccc2)C1Cc1ccc(C(=N)NC(=O)OCc2ccccc2)cc1)c1ccccn1. The molecule has 0 bridgehead atoms. The highest BCUT2D eigenvalue weighted by atomic mass is 16.6. The molecule has 14 heteroatoms. The number of esters is 1.